The number of H-pyrrole nitrogens is 1. The van der Waals surface area contributed by atoms with Gasteiger partial charge in [0, 0.05) is 11.3 Å². The fraction of sp³-hybridized carbons (Fsp3) is 0.368. The maximum Gasteiger partial charge on any atom is 0.278 e. The number of nitrogens with zero attached hydrogens (tertiary/aromatic N) is 3. The van der Waals surface area contributed by atoms with Crippen LogP contribution in [0.2, 0.25) is 0 Å². The number of rotatable bonds is 6. The molecule has 3 rings (SSSR count). The highest BCUT2D eigenvalue weighted by Crippen LogP contribution is 2.26. The van der Waals surface area contributed by atoms with Gasteiger partial charge in [0.05, 0.1) is 0 Å². The Morgan fingerprint density at radius 1 is 1.31 bits per heavy atom. The molecule has 7 heteroatoms. The van der Waals surface area contributed by atoms with Crippen LogP contribution >= 0.6 is 0 Å². The number of amides is 1. The van der Waals surface area contributed by atoms with Crippen molar-refractivity contribution in [1.29, 1.82) is 0 Å². The normalized spacial score (nSPS) is 13.6. The van der Waals surface area contributed by atoms with Crippen LogP contribution in [0, 0.1) is 0 Å². The Bertz CT molecular complexity index is 884. The average molecular weight is 353 g/mol. The Morgan fingerprint density at radius 3 is 2.65 bits per heavy atom. The van der Waals surface area contributed by atoms with Crippen LogP contribution < -0.4 is 5.32 Å². The number of nitrogens with one attached hydrogen (secondary N) is 2. The van der Waals surface area contributed by atoms with Gasteiger partial charge in [-0.15, -0.1) is 0 Å². The number of benzene rings is 1. The largest absolute Gasteiger partial charge is 0.339 e. The predicted molar refractivity (Wildman–Crippen MR) is 97.5 cm³/mol. The first-order valence-corrected chi connectivity index (χ1v) is 8.70. The van der Waals surface area contributed by atoms with Gasteiger partial charge in [-0.05, 0) is 37.5 Å². The lowest BCUT2D eigenvalue weighted by Crippen LogP contribution is -2.43. The number of aromatic nitrogens is 4. The van der Waals surface area contributed by atoms with E-state index in [1.165, 1.54) is 0 Å². The molecule has 0 aliphatic heterocycles. The second kappa shape index (κ2) is 7.11. The third-order valence-corrected chi connectivity index (χ3v) is 4.49. The van der Waals surface area contributed by atoms with E-state index in [9.17, 15) is 4.79 Å². The highest BCUT2D eigenvalue weighted by Gasteiger charge is 2.33. The molecule has 2 heterocycles. The Balaban J connectivity index is 1.83. The third kappa shape index (κ3) is 3.51. The van der Waals surface area contributed by atoms with Crippen LogP contribution in [0.4, 0.5) is 0 Å². The number of aromatic amines is 1. The fourth-order valence-electron chi connectivity index (χ4n) is 2.51. The molecule has 0 aliphatic carbocycles. The van der Waals surface area contributed by atoms with Crippen molar-refractivity contribution in [3.05, 3.63) is 53.5 Å². The fourth-order valence-corrected chi connectivity index (χ4v) is 2.51. The molecule has 136 valence electrons. The van der Waals surface area contributed by atoms with Crippen LogP contribution in [0.15, 0.2) is 40.9 Å². The maximum atomic E-state index is 12.5. The van der Waals surface area contributed by atoms with Gasteiger partial charge in [0.15, 0.2) is 11.5 Å². The van der Waals surface area contributed by atoms with Crippen LogP contribution in [-0.2, 0) is 5.54 Å². The molecule has 0 saturated carbocycles. The van der Waals surface area contributed by atoms with Gasteiger partial charge in [0.1, 0.15) is 5.54 Å². The van der Waals surface area contributed by atoms with E-state index in [1.54, 1.807) is 12.1 Å². The zero-order valence-electron chi connectivity index (χ0n) is 15.4. The van der Waals surface area contributed by atoms with Gasteiger partial charge in [-0.2, -0.15) is 10.1 Å². The Kier molecular flexibility index (Phi) is 4.88. The van der Waals surface area contributed by atoms with E-state index in [-0.39, 0.29) is 5.91 Å². The summed E-state index contributed by atoms with van der Waals surface area (Å²) in [5, 5.41) is 14.3. The molecule has 0 aliphatic rings. The second-order valence-corrected chi connectivity index (χ2v) is 6.79. The summed E-state index contributed by atoms with van der Waals surface area (Å²) >= 11 is 0. The van der Waals surface area contributed by atoms with Crippen molar-refractivity contribution in [2.45, 2.75) is 45.6 Å². The molecule has 2 N–H and O–H groups in total. The van der Waals surface area contributed by atoms with Crippen LogP contribution in [0.25, 0.3) is 11.6 Å². The Hall–Kier alpha value is -2.96. The first-order chi connectivity index (χ1) is 12.4. The van der Waals surface area contributed by atoms with E-state index in [2.05, 4.69) is 39.5 Å². The minimum atomic E-state index is -0.744. The minimum Gasteiger partial charge on any atom is -0.339 e. The highest BCUT2D eigenvalue weighted by atomic mass is 16.5. The molecule has 1 amide bonds. The Labute approximate surface area is 152 Å². The van der Waals surface area contributed by atoms with E-state index >= 15 is 0 Å². The van der Waals surface area contributed by atoms with Crippen molar-refractivity contribution in [3.63, 3.8) is 0 Å². The van der Waals surface area contributed by atoms with Gasteiger partial charge < -0.3 is 9.84 Å². The van der Waals surface area contributed by atoms with Gasteiger partial charge in [-0.3, -0.25) is 9.89 Å². The van der Waals surface area contributed by atoms with E-state index in [0.29, 0.717) is 35.3 Å². The van der Waals surface area contributed by atoms with Crippen LogP contribution in [0.5, 0.6) is 0 Å². The standard InChI is InChI=1S/C19H23N5O2/c1-5-19(4,21-16(25)13-9-7-6-8-10-13)18-20-17(26-24-18)15-11-14(12(2)3)22-23-15/h6-12H,5H2,1-4H3,(H,21,25)(H,22,23). The molecule has 0 saturated heterocycles. The lowest BCUT2D eigenvalue weighted by molar-refractivity contribution is 0.0896. The zero-order chi connectivity index (χ0) is 18.7. The molecule has 1 aromatic carbocycles. The summed E-state index contributed by atoms with van der Waals surface area (Å²) in [6.45, 7) is 7.99. The molecule has 1 unspecified atom stereocenters. The predicted octanol–water partition coefficient (Wildman–Crippen LogP) is 3.64. The molecule has 0 radical (unpaired) electrons. The number of carbonyl (C=O) groups excluding carboxylic acids is 1. The SMILES string of the molecule is CCC(C)(NC(=O)c1ccccc1)c1noc(-c2cc(C(C)C)[nH]n2)n1. The summed E-state index contributed by atoms with van der Waals surface area (Å²) in [6.07, 6.45) is 0.613. The van der Waals surface area contributed by atoms with Gasteiger partial charge in [-0.25, -0.2) is 0 Å². The summed E-state index contributed by atoms with van der Waals surface area (Å²) < 4.78 is 5.38. The minimum absolute atomic E-state index is 0.178. The molecule has 0 spiro atoms. The smallest absolute Gasteiger partial charge is 0.278 e. The van der Waals surface area contributed by atoms with Gasteiger partial charge in [0.2, 0.25) is 0 Å². The van der Waals surface area contributed by atoms with E-state index in [1.807, 2.05) is 38.1 Å². The number of carbonyl (C=O) groups is 1. The molecule has 2 aromatic heterocycles. The van der Waals surface area contributed by atoms with Crippen LogP contribution in [0.3, 0.4) is 0 Å². The summed E-state index contributed by atoms with van der Waals surface area (Å²) in [5.74, 6) is 0.901. The Morgan fingerprint density at radius 2 is 2.04 bits per heavy atom. The number of hydrogen-bond donors (Lipinski definition) is 2. The lowest BCUT2D eigenvalue weighted by Gasteiger charge is -2.26. The van der Waals surface area contributed by atoms with E-state index in [4.69, 9.17) is 4.52 Å². The highest BCUT2D eigenvalue weighted by molar-refractivity contribution is 5.94. The van der Waals surface area contributed by atoms with Crippen LogP contribution in [0.1, 0.15) is 61.9 Å². The maximum absolute atomic E-state index is 12.5. The van der Waals surface area contributed by atoms with Crippen molar-refractivity contribution in [1.82, 2.24) is 25.7 Å². The van der Waals surface area contributed by atoms with Crippen molar-refractivity contribution in [2.75, 3.05) is 0 Å². The average Bonchev–Trinajstić information content (AvgIpc) is 3.31. The molecule has 3 aromatic rings. The quantitative estimate of drug-likeness (QED) is 0.705. The van der Waals surface area contributed by atoms with Crippen molar-refractivity contribution < 1.29 is 9.32 Å². The summed E-state index contributed by atoms with van der Waals surface area (Å²) in [4.78, 5) is 17.0. The first-order valence-electron chi connectivity index (χ1n) is 8.70. The lowest BCUT2D eigenvalue weighted by atomic mass is 9.97. The van der Waals surface area contributed by atoms with Crippen molar-refractivity contribution in [2.24, 2.45) is 0 Å². The monoisotopic (exact) mass is 353 g/mol. The summed E-state index contributed by atoms with van der Waals surface area (Å²) in [5.41, 5.74) is 1.44. The van der Waals surface area contributed by atoms with Gasteiger partial charge in [-0.1, -0.05) is 44.1 Å². The molecule has 0 bridgehead atoms. The first kappa shape index (κ1) is 17.8. The molecule has 1 atom stereocenters. The summed E-state index contributed by atoms with van der Waals surface area (Å²) in [7, 11) is 0. The van der Waals surface area contributed by atoms with E-state index < -0.39 is 5.54 Å². The van der Waals surface area contributed by atoms with Crippen molar-refractivity contribution in [3.8, 4) is 11.6 Å². The molecule has 0 fully saturated rings. The topological polar surface area (TPSA) is 96.7 Å². The van der Waals surface area contributed by atoms with E-state index in [0.717, 1.165) is 5.69 Å². The van der Waals surface area contributed by atoms with Gasteiger partial charge in [0.25, 0.3) is 11.8 Å². The van der Waals surface area contributed by atoms with Crippen molar-refractivity contribution >= 4 is 5.91 Å². The molecular formula is C19H23N5O2. The number of hydrogen-bond acceptors (Lipinski definition) is 5. The second-order valence-electron chi connectivity index (χ2n) is 6.79. The van der Waals surface area contributed by atoms with Crippen LogP contribution in [-0.4, -0.2) is 26.2 Å². The third-order valence-electron chi connectivity index (χ3n) is 4.49. The molecular weight excluding hydrogens is 330 g/mol. The zero-order valence-corrected chi connectivity index (χ0v) is 15.4. The van der Waals surface area contributed by atoms with Gasteiger partial charge >= 0.3 is 0 Å². The molecule has 26 heavy (non-hydrogen) atoms. The molecule has 7 nitrogen and oxygen atoms in total. The summed E-state index contributed by atoms with van der Waals surface area (Å²) in [6, 6.07) is 11.0.